The zero-order valence-corrected chi connectivity index (χ0v) is 11.7. The summed E-state index contributed by atoms with van der Waals surface area (Å²) in [6.45, 7) is 11.5. The van der Waals surface area contributed by atoms with Gasteiger partial charge in [-0.05, 0) is 32.6 Å². The van der Waals surface area contributed by atoms with Crippen LogP contribution in [-0.4, -0.2) is 22.5 Å². The molecule has 1 amide bonds. The van der Waals surface area contributed by atoms with Crippen LogP contribution in [0, 0.1) is 17.8 Å². The van der Waals surface area contributed by atoms with Crippen LogP contribution in [0.4, 0.5) is 0 Å². The lowest BCUT2D eigenvalue weighted by molar-refractivity contribution is -0.146. The van der Waals surface area contributed by atoms with Crippen molar-refractivity contribution in [3.8, 4) is 0 Å². The van der Waals surface area contributed by atoms with Crippen molar-refractivity contribution in [1.82, 2.24) is 5.32 Å². The summed E-state index contributed by atoms with van der Waals surface area (Å²) in [5.74, 6) is -1.47. The Kier molecular flexibility index (Phi) is 5.66. The maximum absolute atomic E-state index is 11.7. The summed E-state index contributed by atoms with van der Waals surface area (Å²) in [4.78, 5) is 22.9. The molecule has 0 fully saturated rings. The SMILES string of the molecule is CC(C)C(C)C(CC(=O)NC(C)(C)C)C(=O)O. The number of carboxylic acid groups (broad SMARTS) is 1. The number of carboxylic acids is 1. The standard InChI is InChI=1S/C13H25NO3/c1-8(2)9(3)10(12(16)17)7-11(15)14-13(4,5)6/h8-10H,7H2,1-6H3,(H,14,15)(H,16,17). The van der Waals surface area contributed by atoms with Gasteiger partial charge >= 0.3 is 5.97 Å². The van der Waals surface area contributed by atoms with Crippen molar-refractivity contribution in [3.05, 3.63) is 0 Å². The van der Waals surface area contributed by atoms with Crippen LogP contribution in [0.1, 0.15) is 48.0 Å². The average Bonchev–Trinajstić information content (AvgIpc) is 2.09. The monoisotopic (exact) mass is 243 g/mol. The Morgan fingerprint density at radius 3 is 1.94 bits per heavy atom. The van der Waals surface area contributed by atoms with Crippen LogP contribution in [0.2, 0.25) is 0 Å². The van der Waals surface area contributed by atoms with Crippen LogP contribution in [-0.2, 0) is 9.59 Å². The number of hydrogen-bond donors (Lipinski definition) is 2. The number of amides is 1. The van der Waals surface area contributed by atoms with Gasteiger partial charge in [0.1, 0.15) is 0 Å². The lowest BCUT2D eigenvalue weighted by atomic mass is 9.82. The Labute approximate surface area is 104 Å². The molecule has 0 aromatic heterocycles. The van der Waals surface area contributed by atoms with E-state index in [1.54, 1.807) is 0 Å². The highest BCUT2D eigenvalue weighted by molar-refractivity contribution is 5.82. The first-order chi connectivity index (χ1) is 7.54. The molecule has 0 bridgehead atoms. The molecule has 4 heteroatoms. The number of nitrogens with one attached hydrogen (secondary N) is 1. The molecule has 0 rings (SSSR count). The number of rotatable bonds is 5. The maximum atomic E-state index is 11.7. The van der Waals surface area contributed by atoms with E-state index < -0.39 is 11.9 Å². The minimum Gasteiger partial charge on any atom is -0.481 e. The zero-order chi connectivity index (χ0) is 13.8. The highest BCUT2D eigenvalue weighted by atomic mass is 16.4. The van der Waals surface area contributed by atoms with Gasteiger partial charge in [-0.2, -0.15) is 0 Å². The first-order valence-corrected chi connectivity index (χ1v) is 6.08. The van der Waals surface area contributed by atoms with Crippen LogP contribution in [0.15, 0.2) is 0 Å². The molecule has 0 saturated heterocycles. The van der Waals surface area contributed by atoms with E-state index in [0.717, 1.165) is 0 Å². The van der Waals surface area contributed by atoms with E-state index in [1.165, 1.54) is 0 Å². The van der Waals surface area contributed by atoms with Crippen LogP contribution >= 0.6 is 0 Å². The van der Waals surface area contributed by atoms with Crippen molar-refractivity contribution in [1.29, 1.82) is 0 Å². The molecule has 2 N–H and O–H groups in total. The van der Waals surface area contributed by atoms with E-state index in [1.807, 2.05) is 41.5 Å². The molecule has 0 heterocycles. The molecule has 2 unspecified atom stereocenters. The molecule has 0 aromatic rings. The first kappa shape index (κ1) is 15.9. The third kappa shape index (κ3) is 6.29. The third-order valence-corrected chi connectivity index (χ3v) is 2.92. The molecule has 2 atom stereocenters. The normalized spacial score (nSPS) is 15.5. The molecule has 0 aliphatic rings. The minimum atomic E-state index is -0.893. The molecular weight excluding hydrogens is 218 g/mol. The molecule has 0 aliphatic carbocycles. The van der Waals surface area contributed by atoms with Crippen molar-refractivity contribution in [2.75, 3.05) is 0 Å². The van der Waals surface area contributed by atoms with E-state index in [4.69, 9.17) is 5.11 Å². The smallest absolute Gasteiger partial charge is 0.307 e. The van der Waals surface area contributed by atoms with Gasteiger partial charge < -0.3 is 10.4 Å². The van der Waals surface area contributed by atoms with Gasteiger partial charge in [0, 0.05) is 12.0 Å². The second-order valence-electron chi connectivity index (χ2n) is 6.05. The van der Waals surface area contributed by atoms with Crippen LogP contribution in [0.3, 0.4) is 0 Å². The summed E-state index contributed by atoms with van der Waals surface area (Å²) in [5.41, 5.74) is -0.318. The summed E-state index contributed by atoms with van der Waals surface area (Å²) >= 11 is 0. The highest BCUT2D eigenvalue weighted by Gasteiger charge is 2.30. The van der Waals surface area contributed by atoms with E-state index in [0.29, 0.717) is 0 Å². The van der Waals surface area contributed by atoms with Gasteiger partial charge in [-0.15, -0.1) is 0 Å². The fourth-order valence-corrected chi connectivity index (χ4v) is 1.63. The number of carbonyl (C=O) groups is 2. The van der Waals surface area contributed by atoms with Gasteiger partial charge in [0.05, 0.1) is 5.92 Å². The Morgan fingerprint density at radius 1 is 1.18 bits per heavy atom. The molecule has 4 nitrogen and oxygen atoms in total. The molecule has 17 heavy (non-hydrogen) atoms. The van der Waals surface area contributed by atoms with Gasteiger partial charge in [-0.1, -0.05) is 20.8 Å². The molecule has 0 aliphatic heterocycles. The number of carbonyl (C=O) groups excluding carboxylic acids is 1. The van der Waals surface area contributed by atoms with Gasteiger partial charge in [-0.3, -0.25) is 9.59 Å². The zero-order valence-electron chi connectivity index (χ0n) is 11.7. The van der Waals surface area contributed by atoms with E-state index in [2.05, 4.69) is 5.32 Å². The average molecular weight is 243 g/mol. The topological polar surface area (TPSA) is 66.4 Å². The fraction of sp³-hybridized carbons (Fsp3) is 0.846. The van der Waals surface area contributed by atoms with Crippen molar-refractivity contribution in [2.45, 2.75) is 53.5 Å². The Morgan fingerprint density at radius 2 is 1.65 bits per heavy atom. The summed E-state index contributed by atoms with van der Waals surface area (Å²) in [6, 6.07) is 0. The van der Waals surface area contributed by atoms with Crippen LogP contribution in [0.5, 0.6) is 0 Å². The van der Waals surface area contributed by atoms with E-state index in [9.17, 15) is 9.59 Å². The van der Waals surface area contributed by atoms with Crippen LogP contribution < -0.4 is 5.32 Å². The number of hydrogen-bond acceptors (Lipinski definition) is 2. The van der Waals surface area contributed by atoms with E-state index in [-0.39, 0.29) is 29.7 Å². The minimum absolute atomic E-state index is 0.0155. The van der Waals surface area contributed by atoms with Crippen molar-refractivity contribution >= 4 is 11.9 Å². The molecule has 100 valence electrons. The fourth-order valence-electron chi connectivity index (χ4n) is 1.63. The van der Waals surface area contributed by atoms with Crippen LogP contribution in [0.25, 0.3) is 0 Å². The molecule has 0 spiro atoms. The van der Waals surface area contributed by atoms with Gasteiger partial charge in [0.15, 0.2) is 0 Å². The largest absolute Gasteiger partial charge is 0.481 e. The highest BCUT2D eigenvalue weighted by Crippen LogP contribution is 2.24. The first-order valence-electron chi connectivity index (χ1n) is 6.08. The molecular formula is C13H25NO3. The lowest BCUT2D eigenvalue weighted by Gasteiger charge is -2.25. The second kappa shape index (κ2) is 6.03. The lowest BCUT2D eigenvalue weighted by Crippen LogP contribution is -2.42. The van der Waals surface area contributed by atoms with Gasteiger partial charge in [-0.25, -0.2) is 0 Å². The van der Waals surface area contributed by atoms with Crippen molar-refractivity contribution < 1.29 is 14.7 Å². The molecule has 0 radical (unpaired) electrons. The van der Waals surface area contributed by atoms with E-state index >= 15 is 0 Å². The second-order valence-corrected chi connectivity index (χ2v) is 6.05. The predicted octanol–water partition coefficient (Wildman–Crippen LogP) is 2.28. The van der Waals surface area contributed by atoms with Gasteiger partial charge in [0.2, 0.25) is 5.91 Å². The van der Waals surface area contributed by atoms with Gasteiger partial charge in [0.25, 0.3) is 0 Å². The Balaban J connectivity index is 4.57. The number of aliphatic carboxylic acids is 1. The summed E-state index contributed by atoms with van der Waals surface area (Å²) in [6.07, 6.45) is 0.0476. The Bertz CT molecular complexity index is 279. The third-order valence-electron chi connectivity index (χ3n) is 2.92. The molecule has 0 aromatic carbocycles. The maximum Gasteiger partial charge on any atom is 0.307 e. The molecule has 0 saturated carbocycles. The summed E-state index contributed by atoms with van der Waals surface area (Å²) in [5, 5.41) is 12.0. The quantitative estimate of drug-likeness (QED) is 0.778. The Hall–Kier alpha value is -1.06. The predicted molar refractivity (Wildman–Crippen MR) is 67.6 cm³/mol. The van der Waals surface area contributed by atoms with Crippen molar-refractivity contribution in [2.24, 2.45) is 17.8 Å². The van der Waals surface area contributed by atoms with Crippen molar-refractivity contribution in [3.63, 3.8) is 0 Å². The summed E-state index contributed by atoms with van der Waals surface area (Å²) in [7, 11) is 0. The summed E-state index contributed by atoms with van der Waals surface area (Å²) < 4.78 is 0.